The number of aromatic nitrogens is 4. The molecule has 13 heteroatoms. The van der Waals surface area contributed by atoms with Crippen LogP contribution in [-0.4, -0.2) is 62.8 Å². The number of amides is 1. The van der Waals surface area contributed by atoms with Crippen molar-refractivity contribution in [3.8, 4) is 11.8 Å². The number of aryl methyl sites for hydroxylation is 1. The van der Waals surface area contributed by atoms with E-state index in [1.807, 2.05) is 0 Å². The second kappa shape index (κ2) is 12.8. The minimum Gasteiger partial charge on any atom is -0.478 e. The number of carbonyl (C=O) groups is 2. The highest BCUT2D eigenvalue weighted by molar-refractivity contribution is 6.15. The fourth-order valence-corrected chi connectivity index (χ4v) is 4.69. The molecule has 0 spiro atoms. The van der Waals surface area contributed by atoms with Crippen LogP contribution in [0.25, 0.3) is 21.9 Å². The molecule has 1 amide bonds. The van der Waals surface area contributed by atoms with Gasteiger partial charge < -0.3 is 30.6 Å². The standard InChI is InChI=1S/C30H38FN7O5/c1-16-20(27(39)40)15-34-17(2)24(16)42-28-36-25(33-12-10-8-7-9-11-32)22-19-13-18(31)14-21(23(19)35-26(22)37-28)38(6)29(41)43-30(3,4)5/h13-15H,7-12,32H2,1-6H3,(H,39,40)(H2,33,35,36,37). The van der Waals surface area contributed by atoms with Crippen LogP contribution in [0.1, 0.15) is 68.1 Å². The van der Waals surface area contributed by atoms with Crippen LogP contribution in [0.2, 0.25) is 0 Å². The van der Waals surface area contributed by atoms with Gasteiger partial charge in [0.1, 0.15) is 22.9 Å². The number of aromatic carboxylic acids is 1. The van der Waals surface area contributed by atoms with Crippen molar-refractivity contribution in [2.75, 3.05) is 30.4 Å². The Balaban J connectivity index is 1.83. The first kappa shape index (κ1) is 31.4. The Hall–Kier alpha value is -4.52. The van der Waals surface area contributed by atoms with E-state index in [1.165, 1.54) is 30.3 Å². The predicted molar refractivity (Wildman–Crippen MR) is 163 cm³/mol. The van der Waals surface area contributed by atoms with Gasteiger partial charge >= 0.3 is 18.1 Å². The monoisotopic (exact) mass is 595 g/mol. The topological polar surface area (TPSA) is 169 Å². The maximum atomic E-state index is 15.0. The Morgan fingerprint density at radius 2 is 1.86 bits per heavy atom. The number of ether oxygens (including phenoxy) is 2. The third-order valence-electron chi connectivity index (χ3n) is 6.82. The van der Waals surface area contributed by atoms with Crippen molar-refractivity contribution < 1.29 is 28.6 Å². The first-order valence-electron chi connectivity index (χ1n) is 14.1. The maximum absolute atomic E-state index is 15.0. The van der Waals surface area contributed by atoms with Gasteiger partial charge in [-0.3, -0.25) is 9.88 Å². The zero-order valence-electron chi connectivity index (χ0n) is 25.3. The Bertz CT molecular complexity index is 1660. The SMILES string of the molecule is Cc1ncc(C(=O)O)c(C)c1Oc1nc(NCCCCCCN)c2c(n1)[nH]c1c(N(C)C(=O)OC(C)(C)C)cc(F)cc12. The molecule has 3 heterocycles. The van der Waals surface area contributed by atoms with Gasteiger partial charge in [0, 0.05) is 30.7 Å². The van der Waals surface area contributed by atoms with E-state index >= 15 is 4.39 Å². The van der Waals surface area contributed by atoms with E-state index in [-0.39, 0.29) is 23.0 Å². The summed E-state index contributed by atoms with van der Waals surface area (Å²) in [6.45, 7) is 9.76. The van der Waals surface area contributed by atoms with Crippen molar-refractivity contribution in [1.29, 1.82) is 0 Å². The lowest BCUT2D eigenvalue weighted by Crippen LogP contribution is -2.34. The molecule has 0 radical (unpaired) electrons. The number of nitrogens with zero attached hydrogens (tertiary/aromatic N) is 4. The fraction of sp³-hybridized carbons (Fsp3) is 0.433. The number of H-pyrrole nitrogens is 1. The van der Waals surface area contributed by atoms with E-state index in [0.29, 0.717) is 52.1 Å². The lowest BCUT2D eigenvalue weighted by molar-refractivity contribution is 0.0588. The van der Waals surface area contributed by atoms with Gasteiger partial charge in [0.05, 0.1) is 27.8 Å². The van der Waals surface area contributed by atoms with E-state index in [0.717, 1.165) is 25.7 Å². The number of rotatable bonds is 11. The summed E-state index contributed by atoms with van der Waals surface area (Å²) in [5.41, 5.74) is 6.71. The van der Waals surface area contributed by atoms with Gasteiger partial charge in [-0.25, -0.2) is 14.0 Å². The summed E-state index contributed by atoms with van der Waals surface area (Å²) >= 11 is 0. The number of unbranched alkanes of at least 4 members (excludes halogenated alkanes) is 3. The first-order chi connectivity index (χ1) is 20.3. The van der Waals surface area contributed by atoms with Gasteiger partial charge in [0.15, 0.2) is 5.75 Å². The summed E-state index contributed by atoms with van der Waals surface area (Å²) in [4.78, 5) is 42.4. The van der Waals surface area contributed by atoms with Gasteiger partial charge in [0.25, 0.3) is 0 Å². The van der Waals surface area contributed by atoms with Gasteiger partial charge in [-0.1, -0.05) is 12.8 Å². The average molecular weight is 596 g/mol. The van der Waals surface area contributed by atoms with Crippen molar-refractivity contribution >= 4 is 45.5 Å². The van der Waals surface area contributed by atoms with Crippen LogP contribution in [0.15, 0.2) is 18.3 Å². The summed E-state index contributed by atoms with van der Waals surface area (Å²) in [5, 5.41) is 13.9. The molecule has 0 bridgehead atoms. The molecule has 0 unspecified atom stereocenters. The predicted octanol–water partition coefficient (Wildman–Crippen LogP) is 6.05. The quantitative estimate of drug-likeness (QED) is 0.150. The molecule has 4 rings (SSSR count). The molecule has 1 aromatic carbocycles. The molecular weight excluding hydrogens is 557 g/mol. The number of nitrogens with one attached hydrogen (secondary N) is 2. The third kappa shape index (κ3) is 7.11. The number of carboxylic acids is 1. The maximum Gasteiger partial charge on any atom is 0.414 e. The van der Waals surface area contributed by atoms with Crippen LogP contribution >= 0.6 is 0 Å². The molecule has 0 aliphatic carbocycles. The highest BCUT2D eigenvalue weighted by atomic mass is 19.1. The molecule has 0 saturated carbocycles. The van der Waals surface area contributed by atoms with Gasteiger partial charge in [-0.15, -0.1) is 0 Å². The summed E-state index contributed by atoms with van der Waals surface area (Å²) in [6.07, 6.45) is 4.36. The molecule has 0 saturated heterocycles. The average Bonchev–Trinajstić information content (AvgIpc) is 3.29. The Morgan fingerprint density at radius 3 is 2.53 bits per heavy atom. The fourth-order valence-electron chi connectivity index (χ4n) is 4.69. The number of anilines is 2. The van der Waals surface area contributed by atoms with Gasteiger partial charge in [-0.05, 0) is 66.1 Å². The number of aromatic amines is 1. The van der Waals surface area contributed by atoms with E-state index in [9.17, 15) is 14.7 Å². The molecule has 0 atom stereocenters. The van der Waals surface area contributed by atoms with Crippen LogP contribution in [0.4, 0.5) is 20.7 Å². The van der Waals surface area contributed by atoms with Crippen LogP contribution in [0, 0.1) is 19.7 Å². The molecule has 5 N–H and O–H groups in total. The molecule has 0 aliphatic heterocycles. The lowest BCUT2D eigenvalue weighted by Gasteiger charge is -2.25. The first-order valence-corrected chi connectivity index (χ1v) is 14.1. The number of pyridine rings is 1. The normalized spacial score (nSPS) is 11.6. The highest BCUT2D eigenvalue weighted by Crippen LogP contribution is 2.38. The number of carboxylic acid groups (broad SMARTS) is 1. The van der Waals surface area contributed by atoms with Crippen molar-refractivity contribution in [3.05, 3.63) is 41.0 Å². The van der Waals surface area contributed by atoms with Crippen molar-refractivity contribution in [1.82, 2.24) is 19.9 Å². The summed E-state index contributed by atoms with van der Waals surface area (Å²) < 4.78 is 26.6. The van der Waals surface area contributed by atoms with E-state index < -0.39 is 23.5 Å². The van der Waals surface area contributed by atoms with Crippen LogP contribution in [-0.2, 0) is 4.74 Å². The Morgan fingerprint density at radius 1 is 1.14 bits per heavy atom. The molecule has 4 aromatic rings. The van der Waals surface area contributed by atoms with Crippen LogP contribution in [0.5, 0.6) is 11.8 Å². The third-order valence-corrected chi connectivity index (χ3v) is 6.82. The van der Waals surface area contributed by atoms with Gasteiger partial charge in [-0.2, -0.15) is 9.97 Å². The Kier molecular flexibility index (Phi) is 9.34. The second-order valence-electron chi connectivity index (χ2n) is 11.3. The largest absolute Gasteiger partial charge is 0.478 e. The minimum absolute atomic E-state index is 0.00610. The van der Waals surface area contributed by atoms with E-state index in [4.69, 9.17) is 15.2 Å². The van der Waals surface area contributed by atoms with E-state index in [1.54, 1.807) is 34.6 Å². The van der Waals surface area contributed by atoms with Crippen LogP contribution < -0.4 is 20.7 Å². The Labute approximate surface area is 248 Å². The number of halogens is 1. The zero-order valence-corrected chi connectivity index (χ0v) is 25.3. The molecule has 12 nitrogen and oxygen atoms in total. The second-order valence-corrected chi connectivity index (χ2v) is 11.3. The number of fused-ring (bicyclic) bond motifs is 3. The highest BCUT2D eigenvalue weighted by Gasteiger charge is 2.25. The summed E-state index contributed by atoms with van der Waals surface area (Å²) in [7, 11) is 1.50. The van der Waals surface area contributed by atoms with Gasteiger partial charge in [0.2, 0.25) is 0 Å². The number of hydrogen-bond acceptors (Lipinski definition) is 9. The van der Waals surface area contributed by atoms with Crippen LogP contribution in [0.3, 0.4) is 0 Å². The zero-order chi connectivity index (χ0) is 31.5. The van der Waals surface area contributed by atoms with Crippen molar-refractivity contribution in [2.45, 2.75) is 65.9 Å². The smallest absolute Gasteiger partial charge is 0.414 e. The van der Waals surface area contributed by atoms with Crippen molar-refractivity contribution in [3.63, 3.8) is 0 Å². The van der Waals surface area contributed by atoms with E-state index in [2.05, 4.69) is 25.3 Å². The summed E-state index contributed by atoms with van der Waals surface area (Å²) in [5.74, 6) is -1.09. The summed E-state index contributed by atoms with van der Waals surface area (Å²) in [6, 6.07) is 2.53. The number of carbonyl (C=O) groups excluding carboxylic acids is 1. The number of nitrogens with two attached hydrogens (primary N) is 1. The molecule has 0 aliphatic rings. The molecular formula is C30H38FN7O5. The lowest BCUT2D eigenvalue weighted by atomic mass is 10.1. The van der Waals surface area contributed by atoms with Crippen molar-refractivity contribution in [2.24, 2.45) is 5.73 Å². The molecule has 0 fully saturated rings. The molecule has 230 valence electrons. The molecule has 3 aromatic heterocycles. The number of hydrogen-bond donors (Lipinski definition) is 4. The minimum atomic E-state index is -1.14. The molecule has 43 heavy (non-hydrogen) atoms. The number of benzene rings is 1.